The lowest BCUT2D eigenvalue weighted by molar-refractivity contribution is -0.139. The molecule has 0 radical (unpaired) electrons. The number of nitrogens with zero attached hydrogens (tertiary/aromatic N) is 1. The van der Waals surface area contributed by atoms with Gasteiger partial charge in [0.15, 0.2) is 18.1 Å². The van der Waals surface area contributed by atoms with Crippen molar-refractivity contribution < 1.29 is 28.9 Å². The number of rotatable bonds is 8. The van der Waals surface area contributed by atoms with Gasteiger partial charge in [-0.25, -0.2) is 4.79 Å². The van der Waals surface area contributed by atoms with Crippen LogP contribution < -0.4 is 9.47 Å². The van der Waals surface area contributed by atoms with E-state index in [2.05, 4.69) is 0 Å². The fourth-order valence-corrected chi connectivity index (χ4v) is 2.59. The van der Waals surface area contributed by atoms with Crippen molar-refractivity contribution in [2.45, 2.75) is 13.3 Å². The highest BCUT2D eigenvalue weighted by Gasteiger charge is 2.21. The number of amides is 1. The molecule has 1 amide bonds. The van der Waals surface area contributed by atoms with Crippen molar-refractivity contribution in [2.24, 2.45) is 5.92 Å². The maximum absolute atomic E-state index is 12.6. The zero-order chi connectivity index (χ0) is 17.5. The summed E-state index contributed by atoms with van der Waals surface area (Å²) in [7, 11) is 1.76. The van der Waals surface area contributed by atoms with Crippen LogP contribution in [-0.4, -0.2) is 61.9 Å². The van der Waals surface area contributed by atoms with E-state index in [0.717, 1.165) is 13.0 Å². The summed E-state index contributed by atoms with van der Waals surface area (Å²) < 4.78 is 16.0. The molecular weight excluding hydrogens is 314 g/mol. The van der Waals surface area contributed by atoms with E-state index >= 15 is 0 Å². The van der Waals surface area contributed by atoms with Crippen LogP contribution in [0.3, 0.4) is 0 Å². The third kappa shape index (κ3) is 4.86. The molecule has 1 saturated heterocycles. The van der Waals surface area contributed by atoms with Gasteiger partial charge in [-0.05, 0) is 31.5 Å². The first-order valence-electron chi connectivity index (χ1n) is 7.96. The molecule has 132 valence electrons. The van der Waals surface area contributed by atoms with Crippen molar-refractivity contribution in [3.63, 3.8) is 0 Å². The van der Waals surface area contributed by atoms with Crippen molar-refractivity contribution in [3.05, 3.63) is 23.8 Å². The number of carbonyl (C=O) groups excluding carboxylic acids is 1. The van der Waals surface area contributed by atoms with Crippen molar-refractivity contribution >= 4 is 11.9 Å². The second-order valence-corrected chi connectivity index (χ2v) is 5.69. The van der Waals surface area contributed by atoms with Crippen LogP contribution in [0.2, 0.25) is 0 Å². The molecule has 7 nitrogen and oxygen atoms in total. The molecule has 0 unspecified atom stereocenters. The molecule has 0 bridgehead atoms. The summed E-state index contributed by atoms with van der Waals surface area (Å²) in [5.74, 6) is -0.155. The summed E-state index contributed by atoms with van der Waals surface area (Å²) in [6, 6.07) is 4.77. The first kappa shape index (κ1) is 18.1. The van der Waals surface area contributed by atoms with Crippen LogP contribution in [-0.2, 0) is 9.53 Å². The van der Waals surface area contributed by atoms with E-state index < -0.39 is 12.6 Å². The van der Waals surface area contributed by atoms with E-state index in [1.54, 1.807) is 30.1 Å². The van der Waals surface area contributed by atoms with Gasteiger partial charge < -0.3 is 24.2 Å². The summed E-state index contributed by atoms with van der Waals surface area (Å²) in [6.07, 6.45) is 0.962. The Balaban J connectivity index is 2.09. The highest BCUT2D eigenvalue weighted by Crippen LogP contribution is 2.29. The molecule has 0 saturated carbocycles. The predicted octanol–water partition coefficient (Wildman–Crippen LogP) is 1.66. The van der Waals surface area contributed by atoms with Gasteiger partial charge in [0.05, 0.1) is 13.2 Å². The Morgan fingerprint density at radius 3 is 2.75 bits per heavy atom. The van der Waals surface area contributed by atoms with Gasteiger partial charge in [-0.3, -0.25) is 4.79 Å². The Morgan fingerprint density at radius 2 is 2.12 bits per heavy atom. The molecule has 1 aromatic rings. The van der Waals surface area contributed by atoms with Crippen molar-refractivity contribution in [3.8, 4) is 11.5 Å². The van der Waals surface area contributed by atoms with Crippen molar-refractivity contribution in [1.29, 1.82) is 0 Å². The van der Waals surface area contributed by atoms with E-state index in [1.807, 2.05) is 6.92 Å². The molecular formula is C17H23NO6. The van der Waals surface area contributed by atoms with Crippen LogP contribution in [0, 0.1) is 5.92 Å². The van der Waals surface area contributed by atoms with Gasteiger partial charge in [0.2, 0.25) is 0 Å². The third-order valence-electron chi connectivity index (χ3n) is 3.74. The number of hydrogen-bond acceptors (Lipinski definition) is 5. The van der Waals surface area contributed by atoms with Gasteiger partial charge in [-0.2, -0.15) is 0 Å². The first-order chi connectivity index (χ1) is 11.5. The highest BCUT2D eigenvalue weighted by atomic mass is 16.5. The highest BCUT2D eigenvalue weighted by molar-refractivity contribution is 5.94. The molecule has 1 N–H and O–H groups in total. The molecule has 0 aromatic heterocycles. The minimum absolute atomic E-state index is 0.118. The Kier molecular flexibility index (Phi) is 6.43. The van der Waals surface area contributed by atoms with Gasteiger partial charge in [0.1, 0.15) is 0 Å². The molecule has 24 heavy (non-hydrogen) atoms. The quantitative estimate of drug-likeness (QED) is 0.776. The Labute approximate surface area is 141 Å². The number of carbonyl (C=O) groups is 2. The van der Waals surface area contributed by atoms with Crippen LogP contribution in [0.25, 0.3) is 0 Å². The SMILES string of the molecule is CCOc1cc(C(=O)N(C)C[C@H]2CCOC2)ccc1OCC(=O)O. The number of ether oxygens (including phenoxy) is 3. The number of aliphatic carboxylic acids is 1. The van der Waals surface area contributed by atoms with E-state index in [0.29, 0.717) is 42.7 Å². The average Bonchev–Trinajstić information content (AvgIpc) is 3.06. The lowest BCUT2D eigenvalue weighted by atomic mass is 10.1. The molecule has 2 rings (SSSR count). The number of benzene rings is 1. The minimum Gasteiger partial charge on any atom is -0.490 e. The molecule has 7 heteroatoms. The normalized spacial score (nSPS) is 16.7. The second kappa shape index (κ2) is 8.54. The number of carboxylic acids is 1. The summed E-state index contributed by atoms with van der Waals surface area (Å²) in [6.45, 7) is 3.80. The Bertz CT molecular complexity index is 582. The molecule has 1 aliphatic heterocycles. The van der Waals surface area contributed by atoms with Crippen LogP contribution in [0.4, 0.5) is 0 Å². The van der Waals surface area contributed by atoms with E-state index in [1.165, 1.54) is 0 Å². The van der Waals surface area contributed by atoms with E-state index in [-0.39, 0.29) is 5.91 Å². The van der Waals surface area contributed by atoms with Gasteiger partial charge in [0.25, 0.3) is 5.91 Å². The smallest absolute Gasteiger partial charge is 0.341 e. The van der Waals surface area contributed by atoms with Gasteiger partial charge in [0, 0.05) is 31.7 Å². The summed E-state index contributed by atoms with van der Waals surface area (Å²) in [5, 5.41) is 8.71. The van der Waals surface area contributed by atoms with Crippen LogP contribution in [0.5, 0.6) is 11.5 Å². The summed E-state index contributed by atoms with van der Waals surface area (Å²) >= 11 is 0. The fourth-order valence-electron chi connectivity index (χ4n) is 2.59. The first-order valence-corrected chi connectivity index (χ1v) is 7.96. The standard InChI is InChI=1S/C17H23NO6/c1-3-23-15-8-13(4-5-14(15)24-11-16(19)20)17(21)18(2)9-12-6-7-22-10-12/h4-5,8,12H,3,6-7,9-11H2,1-2H3,(H,19,20)/t12-/m1/s1. The van der Waals surface area contributed by atoms with Gasteiger partial charge in [-0.15, -0.1) is 0 Å². The maximum Gasteiger partial charge on any atom is 0.341 e. The summed E-state index contributed by atoms with van der Waals surface area (Å²) in [5.41, 5.74) is 0.475. The van der Waals surface area contributed by atoms with Gasteiger partial charge in [-0.1, -0.05) is 0 Å². The predicted molar refractivity (Wildman–Crippen MR) is 86.6 cm³/mol. The third-order valence-corrected chi connectivity index (χ3v) is 3.74. The second-order valence-electron chi connectivity index (χ2n) is 5.69. The molecule has 1 aliphatic rings. The zero-order valence-electron chi connectivity index (χ0n) is 14.0. The number of carboxylic acid groups (broad SMARTS) is 1. The summed E-state index contributed by atoms with van der Waals surface area (Å²) in [4.78, 5) is 24.9. The molecule has 0 spiro atoms. The molecule has 0 aliphatic carbocycles. The molecule has 1 fully saturated rings. The van der Waals surface area contributed by atoms with Crippen molar-refractivity contribution in [1.82, 2.24) is 4.90 Å². The van der Waals surface area contributed by atoms with Crippen LogP contribution in [0.15, 0.2) is 18.2 Å². The minimum atomic E-state index is -1.07. The lowest BCUT2D eigenvalue weighted by Gasteiger charge is -2.21. The zero-order valence-corrected chi connectivity index (χ0v) is 14.0. The average molecular weight is 337 g/mol. The van der Waals surface area contributed by atoms with Crippen LogP contribution >= 0.6 is 0 Å². The maximum atomic E-state index is 12.6. The van der Waals surface area contributed by atoms with E-state index in [4.69, 9.17) is 19.3 Å². The molecule has 1 heterocycles. The Morgan fingerprint density at radius 1 is 1.33 bits per heavy atom. The lowest BCUT2D eigenvalue weighted by Crippen LogP contribution is -2.32. The largest absolute Gasteiger partial charge is 0.490 e. The Hall–Kier alpha value is -2.28. The molecule has 1 atom stereocenters. The van der Waals surface area contributed by atoms with Crippen molar-refractivity contribution in [2.75, 3.05) is 40.0 Å². The topological polar surface area (TPSA) is 85.3 Å². The molecule has 1 aromatic carbocycles. The monoisotopic (exact) mass is 337 g/mol. The fraction of sp³-hybridized carbons (Fsp3) is 0.529. The number of hydrogen-bond donors (Lipinski definition) is 1. The van der Waals surface area contributed by atoms with Crippen LogP contribution in [0.1, 0.15) is 23.7 Å². The van der Waals surface area contributed by atoms with Gasteiger partial charge >= 0.3 is 5.97 Å². The van der Waals surface area contributed by atoms with E-state index in [9.17, 15) is 9.59 Å².